The van der Waals surface area contributed by atoms with Crippen LogP contribution in [0.2, 0.25) is 0 Å². The van der Waals surface area contributed by atoms with Gasteiger partial charge in [-0.3, -0.25) is 14.5 Å². The van der Waals surface area contributed by atoms with Crippen molar-refractivity contribution in [2.24, 2.45) is 5.73 Å². The maximum absolute atomic E-state index is 13.0. The van der Waals surface area contributed by atoms with Crippen molar-refractivity contribution in [1.82, 2.24) is 4.90 Å². The van der Waals surface area contributed by atoms with Crippen molar-refractivity contribution in [2.75, 3.05) is 24.2 Å². The quantitative estimate of drug-likeness (QED) is 0.597. The Bertz CT molecular complexity index is 1050. The van der Waals surface area contributed by atoms with Crippen LogP contribution in [0, 0.1) is 5.82 Å². The zero-order valence-electron chi connectivity index (χ0n) is 16.6. The van der Waals surface area contributed by atoms with Crippen LogP contribution < -0.4 is 11.1 Å². The predicted octanol–water partition coefficient (Wildman–Crippen LogP) is 2.56. The first-order valence-electron chi connectivity index (χ1n) is 9.66. The lowest BCUT2D eigenvalue weighted by molar-refractivity contribution is -0.116. The number of sulfone groups is 1. The number of hydrogen-bond donors (Lipinski definition) is 2. The smallest absolute Gasteiger partial charge is 0.251 e. The first-order chi connectivity index (χ1) is 14.2. The van der Waals surface area contributed by atoms with E-state index in [0.29, 0.717) is 23.5 Å². The molecule has 1 aromatic carbocycles. The molecule has 0 spiro atoms. The van der Waals surface area contributed by atoms with Gasteiger partial charge in [0, 0.05) is 24.4 Å². The maximum Gasteiger partial charge on any atom is 0.251 e. The third-order valence-corrected chi connectivity index (χ3v) is 8.02. The summed E-state index contributed by atoms with van der Waals surface area (Å²) in [7, 11) is -3.60. The number of nitrogens with zero attached hydrogens (tertiary/aromatic N) is 1. The fourth-order valence-electron chi connectivity index (χ4n) is 3.45. The van der Waals surface area contributed by atoms with Gasteiger partial charge in [0.25, 0.3) is 5.91 Å². The Morgan fingerprint density at radius 3 is 2.60 bits per heavy atom. The minimum absolute atomic E-state index is 0.0201. The van der Waals surface area contributed by atoms with Crippen molar-refractivity contribution < 1.29 is 22.4 Å². The van der Waals surface area contributed by atoms with E-state index < -0.39 is 21.6 Å². The summed E-state index contributed by atoms with van der Waals surface area (Å²) in [6.45, 7) is 4.50. The second kappa shape index (κ2) is 9.23. The fourth-order valence-corrected chi connectivity index (χ4v) is 6.07. The number of hydrogen-bond acceptors (Lipinski definition) is 6. The van der Waals surface area contributed by atoms with Gasteiger partial charge < -0.3 is 11.1 Å². The predicted molar refractivity (Wildman–Crippen MR) is 114 cm³/mol. The second-order valence-corrected chi connectivity index (χ2v) is 10.3. The number of carbonyl (C=O) groups excluding carboxylic acids is 2. The number of carbonyl (C=O) groups is 2. The summed E-state index contributed by atoms with van der Waals surface area (Å²) in [5, 5.41) is 3.16. The van der Waals surface area contributed by atoms with Crippen molar-refractivity contribution in [3.63, 3.8) is 0 Å². The number of thiophene rings is 1. The van der Waals surface area contributed by atoms with E-state index in [1.54, 1.807) is 0 Å². The minimum atomic E-state index is -3.60. The van der Waals surface area contributed by atoms with E-state index in [1.165, 1.54) is 23.5 Å². The van der Waals surface area contributed by atoms with Crippen molar-refractivity contribution in [3.8, 4) is 0 Å². The molecule has 0 radical (unpaired) electrons. The number of likely N-dealkylation sites (N-methyl/N-ethyl adjacent to an activating group) is 1. The van der Waals surface area contributed by atoms with E-state index in [0.717, 1.165) is 35.7 Å². The zero-order chi connectivity index (χ0) is 21.9. The number of nitrogens with two attached hydrogens (primary N) is 1. The summed E-state index contributed by atoms with van der Waals surface area (Å²) in [6, 6.07) is 4.59. The average Bonchev–Trinajstić information content (AvgIpc) is 3.04. The summed E-state index contributed by atoms with van der Waals surface area (Å²) in [6.07, 6.45) is 0.776. The molecule has 2 heterocycles. The summed E-state index contributed by atoms with van der Waals surface area (Å²) < 4.78 is 37.6. The van der Waals surface area contributed by atoms with Gasteiger partial charge in [0.1, 0.15) is 10.8 Å². The Balaban J connectivity index is 1.63. The lowest BCUT2D eigenvalue weighted by Crippen LogP contribution is -2.30. The molecule has 0 aliphatic carbocycles. The first-order valence-corrected chi connectivity index (χ1v) is 12.1. The molecule has 2 amide bonds. The highest BCUT2D eigenvalue weighted by atomic mass is 32.2. The molecule has 0 saturated carbocycles. The van der Waals surface area contributed by atoms with Gasteiger partial charge in [-0.25, -0.2) is 12.8 Å². The highest BCUT2D eigenvalue weighted by molar-refractivity contribution is 7.91. The van der Waals surface area contributed by atoms with E-state index in [1.807, 2.05) is 0 Å². The topological polar surface area (TPSA) is 110 Å². The fraction of sp³-hybridized carbons (Fsp3) is 0.400. The molecule has 0 fully saturated rings. The first kappa shape index (κ1) is 22.4. The molecule has 0 saturated heterocycles. The molecule has 1 aliphatic rings. The Kier molecular flexibility index (Phi) is 6.89. The Morgan fingerprint density at radius 2 is 1.97 bits per heavy atom. The number of amides is 2. The molecular weight excluding hydrogens is 429 g/mol. The molecule has 0 unspecified atom stereocenters. The van der Waals surface area contributed by atoms with Gasteiger partial charge in [-0.2, -0.15) is 0 Å². The highest BCUT2D eigenvalue weighted by Crippen LogP contribution is 2.37. The lowest BCUT2D eigenvalue weighted by Gasteiger charge is -2.25. The Morgan fingerprint density at radius 1 is 1.27 bits per heavy atom. The van der Waals surface area contributed by atoms with Gasteiger partial charge in [-0.05, 0) is 49.2 Å². The summed E-state index contributed by atoms with van der Waals surface area (Å²) in [4.78, 5) is 27.6. The van der Waals surface area contributed by atoms with Crippen LogP contribution in [0.5, 0.6) is 0 Å². The minimum Gasteiger partial charge on any atom is -0.365 e. The molecule has 1 aliphatic heterocycles. The molecule has 30 heavy (non-hydrogen) atoms. The monoisotopic (exact) mass is 453 g/mol. The summed E-state index contributed by atoms with van der Waals surface area (Å²) in [5.74, 6) is -1.70. The van der Waals surface area contributed by atoms with Crippen LogP contribution in [0.4, 0.5) is 9.39 Å². The molecule has 162 valence electrons. The van der Waals surface area contributed by atoms with Gasteiger partial charge in [-0.15, -0.1) is 11.3 Å². The van der Waals surface area contributed by atoms with Crippen LogP contribution in [-0.4, -0.2) is 44.0 Å². The zero-order valence-corrected chi connectivity index (χ0v) is 18.2. The van der Waals surface area contributed by atoms with Crippen molar-refractivity contribution in [3.05, 3.63) is 46.1 Å². The largest absolute Gasteiger partial charge is 0.365 e. The third kappa shape index (κ3) is 5.05. The maximum atomic E-state index is 13.0. The van der Waals surface area contributed by atoms with Gasteiger partial charge in [0.2, 0.25) is 5.91 Å². The summed E-state index contributed by atoms with van der Waals surface area (Å²) >= 11 is 1.35. The van der Waals surface area contributed by atoms with Crippen molar-refractivity contribution in [2.45, 2.75) is 37.6 Å². The van der Waals surface area contributed by atoms with Gasteiger partial charge in [0.05, 0.1) is 16.2 Å². The third-order valence-electron chi connectivity index (χ3n) is 5.07. The van der Waals surface area contributed by atoms with Gasteiger partial charge in [-0.1, -0.05) is 6.92 Å². The Labute approximate surface area is 179 Å². The van der Waals surface area contributed by atoms with E-state index in [4.69, 9.17) is 5.73 Å². The van der Waals surface area contributed by atoms with Crippen molar-refractivity contribution in [1.29, 1.82) is 0 Å². The molecule has 7 nitrogen and oxygen atoms in total. The molecule has 0 bridgehead atoms. The molecule has 2 aromatic rings. The number of fused-ring (bicyclic) bond motifs is 1. The molecule has 3 N–H and O–H groups in total. The number of halogens is 1. The van der Waals surface area contributed by atoms with E-state index >= 15 is 0 Å². The molecule has 3 rings (SSSR count). The van der Waals surface area contributed by atoms with E-state index in [-0.39, 0.29) is 29.4 Å². The van der Waals surface area contributed by atoms with Crippen LogP contribution >= 0.6 is 11.3 Å². The molecule has 10 heteroatoms. The van der Waals surface area contributed by atoms with Gasteiger partial charge in [0.15, 0.2) is 9.84 Å². The van der Waals surface area contributed by atoms with Crippen LogP contribution in [0.15, 0.2) is 29.2 Å². The van der Waals surface area contributed by atoms with Crippen molar-refractivity contribution >= 4 is 38.0 Å². The Hall–Kier alpha value is -2.30. The van der Waals surface area contributed by atoms with E-state index in [2.05, 4.69) is 17.1 Å². The summed E-state index contributed by atoms with van der Waals surface area (Å²) in [5.41, 5.74) is 6.81. The van der Waals surface area contributed by atoms with Crippen LogP contribution in [-0.2, 0) is 27.6 Å². The number of benzene rings is 1. The number of rotatable bonds is 8. The molecule has 0 atom stereocenters. The second-order valence-electron chi connectivity index (χ2n) is 7.12. The highest BCUT2D eigenvalue weighted by Gasteiger charge is 2.27. The van der Waals surface area contributed by atoms with Crippen LogP contribution in [0.3, 0.4) is 0 Å². The molecular formula is C20H24FN3O4S2. The van der Waals surface area contributed by atoms with Crippen LogP contribution in [0.1, 0.15) is 40.6 Å². The number of anilines is 1. The number of nitrogens with one attached hydrogen (secondary N) is 1. The van der Waals surface area contributed by atoms with E-state index in [9.17, 15) is 22.4 Å². The normalized spacial score (nSPS) is 14.3. The average molecular weight is 454 g/mol. The standard InChI is InChI=1S/C20H24FN3O4S2/c1-2-24-10-9-15-16(12-24)29-20(18(15)19(22)26)23-17(25)4-3-11-30(27,28)14-7-5-13(21)6-8-14/h5-8H,2-4,9-12H2,1H3,(H2,22,26)(H,23,25). The molecule has 1 aromatic heterocycles. The lowest BCUT2D eigenvalue weighted by atomic mass is 10.0. The SMILES string of the molecule is CCN1CCc2c(sc(NC(=O)CCCS(=O)(=O)c3ccc(F)cc3)c2C(N)=O)C1. The number of primary amides is 1. The van der Waals surface area contributed by atoms with Crippen LogP contribution in [0.25, 0.3) is 0 Å². The van der Waals surface area contributed by atoms with Gasteiger partial charge >= 0.3 is 0 Å².